The fourth-order valence-electron chi connectivity index (χ4n) is 1.97. The third-order valence-corrected chi connectivity index (χ3v) is 3.38. The number of hydrogen-bond acceptors (Lipinski definition) is 2. The van der Waals surface area contributed by atoms with Crippen molar-refractivity contribution < 1.29 is 9.59 Å². The van der Waals surface area contributed by atoms with E-state index in [9.17, 15) is 9.59 Å². The lowest BCUT2D eigenvalue weighted by atomic mass is 10.1. The Hall–Kier alpha value is -1.36. The Balaban J connectivity index is 1.83. The molecule has 0 spiro atoms. The minimum atomic E-state index is -0.00533. The van der Waals surface area contributed by atoms with Gasteiger partial charge >= 0.3 is 0 Å². The zero-order chi connectivity index (χ0) is 13.0. The average molecular weight is 311 g/mol. The molecular formula is C13H15BrN2O2. The molecule has 1 atom stereocenters. The molecule has 96 valence electrons. The summed E-state index contributed by atoms with van der Waals surface area (Å²) in [5.74, 6) is 0.0572. The largest absolute Gasteiger partial charge is 0.354 e. The van der Waals surface area contributed by atoms with Gasteiger partial charge in [0.2, 0.25) is 11.8 Å². The van der Waals surface area contributed by atoms with Crippen molar-refractivity contribution >= 4 is 27.7 Å². The standard InChI is InChI=1S/C13H15BrN2O2/c14-10-3-1-2-9(6-10)7-13(18)16-11-4-5-12(17)15-8-11/h1-3,6,11H,4-5,7-8H2,(H,15,17)(H,16,18). The first kappa shape index (κ1) is 13.1. The van der Waals surface area contributed by atoms with Crippen LogP contribution in [0.25, 0.3) is 0 Å². The third kappa shape index (κ3) is 3.84. The van der Waals surface area contributed by atoms with Gasteiger partial charge in [-0.25, -0.2) is 0 Å². The van der Waals surface area contributed by atoms with E-state index in [0.29, 0.717) is 19.4 Å². The number of piperidine rings is 1. The molecule has 1 saturated heterocycles. The van der Waals surface area contributed by atoms with E-state index >= 15 is 0 Å². The van der Waals surface area contributed by atoms with E-state index in [1.807, 2.05) is 24.3 Å². The molecule has 0 radical (unpaired) electrons. The zero-order valence-electron chi connectivity index (χ0n) is 9.91. The number of amides is 2. The monoisotopic (exact) mass is 310 g/mol. The van der Waals surface area contributed by atoms with Crippen molar-refractivity contribution in [3.8, 4) is 0 Å². The SMILES string of the molecule is O=C1CCC(NC(=O)Cc2cccc(Br)c2)CN1. The van der Waals surface area contributed by atoms with E-state index in [-0.39, 0.29) is 17.9 Å². The molecule has 0 bridgehead atoms. The van der Waals surface area contributed by atoms with Crippen LogP contribution in [-0.4, -0.2) is 24.4 Å². The molecule has 0 aromatic heterocycles. The van der Waals surface area contributed by atoms with Crippen LogP contribution in [-0.2, 0) is 16.0 Å². The Morgan fingerprint density at radius 2 is 2.33 bits per heavy atom. The molecule has 4 nitrogen and oxygen atoms in total. The molecule has 2 amide bonds. The highest BCUT2D eigenvalue weighted by Crippen LogP contribution is 2.12. The lowest BCUT2D eigenvalue weighted by Crippen LogP contribution is -2.48. The summed E-state index contributed by atoms with van der Waals surface area (Å²) in [6.07, 6.45) is 1.57. The Labute approximate surface area is 114 Å². The first-order chi connectivity index (χ1) is 8.63. The first-order valence-corrected chi connectivity index (χ1v) is 6.73. The molecule has 1 aromatic carbocycles. The normalized spacial score (nSPS) is 19.2. The van der Waals surface area contributed by atoms with Crippen LogP contribution in [0.1, 0.15) is 18.4 Å². The number of carbonyl (C=O) groups excluding carboxylic acids is 2. The van der Waals surface area contributed by atoms with Gasteiger partial charge in [0.25, 0.3) is 0 Å². The topological polar surface area (TPSA) is 58.2 Å². The molecule has 1 aliphatic rings. The molecule has 5 heteroatoms. The van der Waals surface area contributed by atoms with Gasteiger partial charge in [-0.05, 0) is 24.1 Å². The molecular weight excluding hydrogens is 296 g/mol. The number of nitrogens with one attached hydrogen (secondary N) is 2. The molecule has 18 heavy (non-hydrogen) atoms. The van der Waals surface area contributed by atoms with Crippen molar-refractivity contribution in [2.45, 2.75) is 25.3 Å². The summed E-state index contributed by atoms with van der Waals surface area (Å²) >= 11 is 3.38. The van der Waals surface area contributed by atoms with E-state index in [1.54, 1.807) is 0 Å². The second-order valence-corrected chi connectivity index (χ2v) is 5.33. The predicted molar refractivity (Wildman–Crippen MR) is 72.0 cm³/mol. The molecule has 1 heterocycles. The van der Waals surface area contributed by atoms with E-state index in [4.69, 9.17) is 0 Å². The highest BCUT2D eigenvalue weighted by molar-refractivity contribution is 9.10. The van der Waals surface area contributed by atoms with Crippen molar-refractivity contribution in [1.82, 2.24) is 10.6 Å². The molecule has 1 fully saturated rings. The predicted octanol–water partition coefficient (Wildman–Crippen LogP) is 1.39. The van der Waals surface area contributed by atoms with Crippen LogP contribution in [0.4, 0.5) is 0 Å². The molecule has 1 aliphatic heterocycles. The van der Waals surface area contributed by atoms with Crippen LogP contribution in [0, 0.1) is 0 Å². The summed E-state index contributed by atoms with van der Waals surface area (Å²) in [6.45, 7) is 0.531. The number of rotatable bonds is 3. The summed E-state index contributed by atoms with van der Waals surface area (Å²) in [6, 6.07) is 7.75. The van der Waals surface area contributed by atoms with Gasteiger partial charge < -0.3 is 10.6 Å². The van der Waals surface area contributed by atoms with Crippen molar-refractivity contribution in [1.29, 1.82) is 0 Å². The number of hydrogen-bond donors (Lipinski definition) is 2. The maximum absolute atomic E-state index is 11.8. The fraction of sp³-hybridized carbons (Fsp3) is 0.385. The lowest BCUT2D eigenvalue weighted by molar-refractivity contribution is -0.125. The molecule has 0 saturated carbocycles. The minimum absolute atomic E-state index is 0.00533. The third-order valence-electron chi connectivity index (χ3n) is 2.88. The second kappa shape index (κ2) is 6.00. The van der Waals surface area contributed by atoms with Gasteiger partial charge in [-0.15, -0.1) is 0 Å². The maximum atomic E-state index is 11.8. The second-order valence-electron chi connectivity index (χ2n) is 4.41. The van der Waals surface area contributed by atoms with Crippen molar-refractivity contribution in [3.63, 3.8) is 0 Å². The molecule has 2 rings (SSSR count). The number of carbonyl (C=O) groups is 2. The number of benzene rings is 1. The minimum Gasteiger partial charge on any atom is -0.354 e. The van der Waals surface area contributed by atoms with Gasteiger partial charge in [0.1, 0.15) is 0 Å². The Kier molecular flexibility index (Phi) is 4.36. The van der Waals surface area contributed by atoms with Crippen LogP contribution in [0.15, 0.2) is 28.7 Å². The highest BCUT2D eigenvalue weighted by atomic mass is 79.9. The molecule has 1 unspecified atom stereocenters. The molecule has 1 aromatic rings. The van der Waals surface area contributed by atoms with Crippen molar-refractivity contribution in [2.75, 3.05) is 6.54 Å². The van der Waals surface area contributed by atoms with Gasteiger partial charge in [-0.2, -0.15) is 0 Å². The Morgan fingerprint density at radius 3 is 3.00 bits per heavy atom. The summed E-state index contributed by atoms with van der Waals surface area (Å²) in [5, 5.41) is 5.69. The first-order valence-electron chi connectivity index (χ1n) is 5.94. The van der Waals surface area contributed by atoms with Crippen LogP contribution >= 0.6 is 15.9 Å². The summed E-state index contributed by atoms with van der Waals surface area (Å²) < 4.78 is 0.970. The van der Waals surface area contributed by atoms with E-state index < -0.39 is 0 Å². The molecule has 0 aliphatic carbocycles. The smallest absolute Gasteiger partial charge is 0.224 e. The van der Waals surface area contributed by atoms with Gasteiger partial charge in [0.05, 0.1) is 6.42 Å². The van der Waals surface area contributed by atoms with Crippen molar-refractivity contribution in [2.24, 2.45) is 0 Å². The quantitative estimate of drug-likeness (QED) is 0.886. The summed E-state index contributed by atoms with van der Waals surface area (Å²) in [7, 11) is 0. The van der Waals surface area contributed by atoms with E-state index in [0.717, 1.165) is 16.5 Å². The molecule has 2 N–H and O–H groups in total. The average Bonchev–Trinajstić information content (AvgIpc) is 2.32. The maximum Gasteiger partial charge on any atom is 0.224 e. The van der Waals surface area contributed by atoms with Gasteiger partial charge in [-0.3, -0.25) is 9.59 Å². The van der Waals surface area contributed by atoms with Gasteiger partial charge in [-0.1, -0.05) is 28.1 Å². The van der Waals surface area contributed by atoms with E-state index in [2.05, 4.69) is 26.6 Å². The van der Waals surface area contributed by atoms with E-state index in [1.165, 1.54) is 0 Å². The van der Waals surface area contributed by atoms with Gasteiger partial charge in [0, 0.05) is 23.5 Å². The number of halogens is 1. The van der Waals surface area contributed by atoms with Crippen LogP contribution in [0.5, 0.6) is 0 Å². The zero-order valence-corrected chi connectivity index (χ0v) is 11.5. The summed E-state index contributed by atoms with van der Waals surface area (Å²) in [4.78, 5) is 22.8. The Bertz CT molecular complexity index is 452. The van der Waals surface area contributed by atoms with Crippen LogP contribution in [0.3, 0.4) is 0 Å². The lowest BCUT2D eigenvalue weighted by Gasteiger charge is -2.23. The van der Waals surface area contributed by atoms with Crippen molar-refractivity contribution in [3.05, 3.63) is 34.3 Å². The van der Waals surface area contributed by atoms with Crippen LogP contribution < -0.4 is 10.6 Å². The highest BCUT2D eigenvalue weighted by Gasteiger charge is 2.19. The van der Waals surface area contributed by atoms with Crippen LogP contribution in [0.2, 0.25) is 0 Å². The Morgan fingerprint density at radius 1 is 1.50 bits per heavy atom. The summed E-state index contributed by atoms with van der Waals surface area (Å²) in [5.41, 5.74) is 0.974. The fourth-order valence-corrected chi connectivity index (χ4v) is 2.41. The van der Waals surface area contributed by atoms with Gasteiger partial charge in [0.15, 0.2) is 0 Å².